The van der Waals surface area contributed by atoms with Gasteiger partial charge in [0.1, 0.15) is 11.5 Å². The number of aromatic nitrogens is 2. The first-order valence-corrected chi connectivity index (χ1v) is 8.36. The molecule has 0 saturated carbocycles. The molecular weight excluding hydrogens is 323 g/mol. The highest BCUT2D eigenvalue weighted by Gasteiger charge is 2.24. The van der Waals surface area contributed by atoms with Crippen molar-refractivity contribution in [1.29, 1.82) is 0 Å². The number of benzene rings is 1. The molecule has 132 valence electrons. The van der Waals surface area contributed by atoms with Gasteiger partial charge in [0.15, 0.2) is 0 Å². The van der Waals surface area contributed by atoms with E-state index in [0.717, 1.165) is 0 Å². The Labute approximate surface area is 145 Å². The summed E-state index contributed by atoms with van der Waals surface area (Å²) in [5.74, 6) is -0.462. The fourth-order valence-electron chi connectivity index (χ4n) is 2.93. The van der Waals surface area contributed by atoms with Crippen molar-refractivity contribution in [3.63, 3.8) is 0 Å². The van der Waals surface area contributed by atoms with Crippen LogP contribution >= 0.6 is 0 Å². The molecule has 6 nitrogen and oxygen atoms in total. The Morgan fingerprint density at radius 3 is 2.40 bits per heavy atom. The summed E-state index contributed by atoms with van der Waals surface area (Å²) in [4.78, 5) is 28.0. The number of hydrogen-bond acceptors (Lipinski definition) is 4. The summed E-state index contributed by atoms with van der Waals surface area (Å²) in [6.45, 7) is 5.75. The molecule has 0 spiro atoms. The number of carbonyl (C=O) groups excluding carboxylic acids is 1. The van der Waals surface area contributed by atoms with Gasteiger partial charge < -0.3 is 9.80 Å². The SMILES string of the molecule is CC(C)n1nc(C(=O)N2CCN(c3ccccc3F)CC2)ccc1=O. The Morgan fingerprint density at radius 1 is 1.08 bits per heavy atom. The average molecular weight is 344 g/mol. The van der Waals surface area contributed by atoms with Crippen LogP contribution in [0, 0.1) is 5.82 Å². The minimum absolute atomic E-state index is 0.113. The van der Waals surface area contributed by atoms with Crippen LogP contribution in [0.25, 0.3) is 0 Å². The fraction of sp³-hybridized carbons (Fsp3) is 0.389. The maximum absolute atomic E-state index is 13.9. The summed E-state index contributed by atoms with van der Waals surface area (Å²) in [6, 6.07) is 9.36. The molecule has 1 aromatic heterocycles. The second-order valence-electron chi connectivity index (χ2n) is 6.33. The number of nitrogens with zero attached hydrogens (tertiary/aromatic N) is 4. The molecule has 0 N–H and O–H groups in total. The monoisotopic (exact) mass is 344 g/mol. The van der Waals surface area contributed by atoms with Crippen molar-refractivity contribution in [3.05, 3.63) is 58.3 Å². The summed E-state index contributed by atoms with van der Waals surface area (Å²) in [6.07, 6.45) is 0. The number of para-hydroxylation sites is 1. The van der Waals surface area contributed by atoms with Gasteiger partial charge in [-0.1, -0.05) is 12.1 Å². The molecule has 2 heterocycles. The molecule has 1 aliphatic heterocycles. The molecular formula is C18H21FN4O2. The highest BCUT2D eigenvalue weighted by atomic mass is 19.1. The van der Waals surface area contributed by atoms with Gasteiger partial charge in [-0.3, -0.25) is 9.59 Å². The first-order valence-electron chi connectivity index (χ1n) is 8.36. The van der Waals surface area contributed by atoms with Crippen molar-refractivity contribution in [2.75, 3.05) is 31.1 Å². The second kappa shape index (κ2) is 7.04. The van der Waals surface area contributed by atoms with Crippen molar-refractivity contribution in [3.8, 4) is 0 Å². The number of anilines is 1. The van der Waals surface area contributed by atoms with E-state index in [0.29, 0.717) is 31.9 Å². The maximum Gasteiger partial charge on any atom is 0.274 e. The molecule has 0 radical (unpaired) electrons. The molecule has 3 rings (SSSR count). The molecule has 1 aliphatic rings. The lowest BCUT2D eigenvalue weighted by Gasteiger charge is -2.36. The zero-order valence-corrected chi connectivity index (χ0v) is 14.4. The van der Waals surface area contributed by atoms with Gasteiger partial charge in [0, 0.05) is 32.2 Å². The predicted molar refractivity (Wildman–Crippen MR) is 93.4 cm³/mol. The zero-order valence-electron chi connectivity index (χ0n) is 14.4. The summed E-state index contributed by atoms with van der Waals surface area (Å²) in [5, 5.41) is 4.18. The third-order valence-corrected chi connectivity index (χ3v) is 4.29. The van der Waals surface area contributed by atoms with E-state index in [-0.39, 0.29) is 29.0 Å². The van der Waals surface area contributed by atoms with Crippen LogP contribution in [0.3, 0.4) is 0 Å². The van der Waals surface area contributed by atoms with Gasteiger partial charge in [0.05, 0.1) is 11.7 Å². The normalized spacial score (nSPS) is 14.9. The number of piperazine rings is 1. The van der Waals surface area contributed by atoms with E-state index < -0.39 is 0 Å². The number of carbonyl (C=O) groups is 1. The molecule has 7 heteroatoms. The van der Waals surface area contributed by atoms with Crippen LogP contribution in [0.1, 0.15) is 30.4 Å². The van der Waals surface area contributed by atoms with E-state index in [1.165, 1.54) is 22.9 Å². The minimum Gasteiger partial charge on any atom is -0.366 e. The summed E-state index contributed by atoms with van der Waals surface area (Å²) in [7, 11) is 0. The van der Waals surface area contributed by atoms with Gasteiger partial charge in [-0.25, -0.2) is 9.07 Å². The molecule has 1 amide bonds. The highest BCUT2D eigenvalue weighted by molar-refractivity contribution is 5.92. The topological polar surface area (TPSA) is 58.4 Å². The van der Waals surface area contributed by atoms with Crippen molar-refractivity contribution in [2.45, 2.75) is 19.9 Å². The van der Waals surface area contributed by atoms with Gasteiger partial charge in [0.25, 0.3) is 11.5 Å². The van der Waals surface area contributed by atoms with Crippen molar-refractivity contribution in [2.24, 2.45) is 0 Å². The first kappa shape index (κ1) is 17.1. The van der Waals surface area contributed by atoms with Gasteiger partial charge in [-0.15, -0.1) is 0 Å². The van der Waals surface area contributed by atoms with E-state index in [9.17, 15) is 14.0 Å². The Bertz CT molecular complexity index is 826. The van der Waals surface area contributed by atoms with Crippen LogP contribution in [0.4, 0.5) is 10.1 Å². The van der Waals surface area contributed by atoms with Crippen molar-refractivity contribution in [1.82, 2.24) is 14.7 Å². The first-order chi connectivity index (χ1) is 12.0. The Balaban J connectivity index is 1.71. The van der Waals surface area contributed by atoms with Gasteiger partial charge >= 0.3 is 0 Å². The quantitative estimate of drug-likeness (QED) is 0.854. The molecule has 0 bridgehead atoms. The fourth-order valence-corrected chi connectivity index (χ4v) is 2.93. The predicted octanol–water partition coefficient (Wildman–Crippen LogP) is 1.93. The van der Waals surface area contributed by atoms with Crippen LogP contribution in [0.5, 0.6) is 0 Å². The van der Waals surface area contributed by atoms with E-state index >= 15 is 0 Å². The van der Waals surface area contributed by atoms with Crippen LogP contribution < -0.4 is 10.5 Å². The summed E-state index contributed by atoms with van der Waals surface area (Å²) >= 11 is 0. The van der Waals surface area contributed by atoms with Gasteiger partial charge in [0.2, 0.25) is 0 Å². The third kappa shape index (κ3) is 3.55. The van der Waals surface area contributed by atoms with Crippen LogP contribution in [0.2, 0.25) is 0 Å². The highest BCUT2D eigenvalue weighted by Crippen LogP contribution is 2.20. The maximum atomic E-state index is 13.9. The van der Waals surface area contributed by atoms with Gasteiger partial charge in [-0.2, -0.15) is 5.10 Å². The van der Waals surface area contributed by atoms with Crippen molar-refractivity contribution >= 4 is 11.6 Å². The number of halogens is 1. The molecule has 1 fully saturated rings. The molecule has 0 aliphatic carbocycles. The van der Waals surface area contributed by atoms with Crippen LogP contribution in [0.15, 0.2) is 41.2 Å². The Kier molecular flexibility index (Phi) is 4.83. The van der Waals surface area contributed by atoms with Gasteiger partial charge in [-0.05, 0) is 32.0 Å². The number of hydrogen-bond donors (Lipinski definition) is 0. The molecule has 0 unspecified atom stereocenters. The van der Waals surface area contributed by atoms with E-state index in [2.05, 4.69) is 5.10 Å². The summed E-state index contributed by atoms with van der Waals surface area (Å²) in [5.41, 5.74) is 0.588. The van der Waals surface area contributed by atoms with Crippen LogP contribution in [-0.2, 0) is 0 Å². The Morgan fingerprint density at radius 2 is 1.76 bits per heavy atom. The minimum atomic E-state index is -0.257. The zero-order chi connectivity index (χ0) is 18.0. The standard InChI is InChI=1S/C18H21FN4O2/c1-13(2)23-17(24)8-7-15(20-23)18(25)22-11-9-21(10-12-22)16-6-4-3-5-14(16)19/h3-8,13H,9-12H2,1-2H3. The number of rotatable bonds is 3. The molecule has 1 aromatic carbocycles. The lowest BCUT2D eigenvalue weighted by molar-refractivity contribution is 0.0737. The average Bonchev–Trinajstić information content (AvgIpc) is 2.62. The molecule has 2 aromatic rings. The third-order valence-electron chi connectivity index (χ3n) is 4.29. The van der Waals surface area contributed by atoms with E-state index in [1.807, 2.05) is 18.7 Å². The Hall–Kier alpha value is -2.70. The lowest BCUT2D eigenvalue weighted by Crippen LogP contribution is -2.49. The molecule has 25 heavy (non-hydrogen) atoms. The second-order valence-corrected chi connectivity index (χ2v) is 6.33. The largest absolute Gasteiger partial charge is 0.366 e. The van der Waals surface area contributed by atoms with E-state index in [4.69, 9.17) is 0 Å². The number of amides is 1. The molecule has 1 saturated heterocycles. The van der Waals surface area contributed by atoms with Crippen molar-refractivity contribution < 1.29 is 9.18 Å². The summed E-state index contributed by atoms with van der Waals surface area (Å²) < 4.78 is 15.2. The molecule has 0 atom stereocenters. The lowest BCUT2D eigenvalue weighted by atomic mass is 10.2. The van der Waals surface area contributed by atoms with Crippen LogP contribution in [-0.4, -0.2) is 46.8 Å². The van der Waals surface area contributed by atoms with E-state index in [1.54, 1.807) is 23.1 Å². The smallest absolute Gasteiger partial charge is 0.274 e.